The van der Waals surface area contributed by atoms with Gasteiger partial charge in [-0.05, 0) is 16.8 Å². The molecule has 0 saturated carbocycles. The van der Waals surface area contributed by atoms with Crippen molar-refractivity contribution >= 4 is 31.3 Å². The molecule has 11 heavy (non-hydrogen) atoms. The van der Waals surface area contributed by atoms with Crippen molar-refractivity contribution in [2.24, 2.45) is 10.8 Å². The molecule has 0 aromatic heterocycles. The van der Waals surface area contributed by atoms with E-state index in [1.807, 2.05) is 0 Å². The first kappa shape index (κ1) is 10.3. The van der Waals surface area contributed by atoms with Crippen molar-refractivity contribution in [1.29, 1.82) is 0 Å². The molecular weight excluding hydrogens is 185 g/mol. The number of hydrogen-bond donors (Lipinski definition) is 2. The quantitative estimate of drug-likeness (QED) is 0.220. The van der Waals surface area contributed by atoms with Crippen molar-refractivity contribution in [2.75, 3.05) is 6.66 Å². The first-order valence-corrected chi connectivity index (χ1v) is 4.74. The predicted molar refractivity (Wildman–Crippen MR) is 47.6 cm³/mol. The molecule has 0 aliphatic heterocycles. The number of hydrazone groups is 1. The Kier molecular flexibility index (Phi) is 4.65. The molecule has 0 heterocycles. The molecule has 0 fully saturated rings. The largest absolute Gasteiger partial charge is 0.554 e. The molecule has 3 N–H and O–H groups in total. The SMILES string of the molecule is CC(=NNC(N)=S)O[P+](C)=O. The summed E-state index contributed by atoms with van der Waals surface area (Å²) in [7, 11) is -1.68. The van der Waals surface area contributed by atoms with E-state index in [1.165, 1.54) is 6.66 Å². The Labute approximate surface area is 70.9 Å². The van der Waals surface area contributed by atoms with Gasteiger partial charge in [0, 0.05) is 6.92 Å². The summed E-state index contributed by atoms with van der Waals surface area (Å²) in [6, 6.07) is 0. The van der Waals surface area contributed by atoms with Crippen molar-refractivity contribution in [3.8, 4) is 0 Å². The van der Waals surface area contributed by atoms with Crippen molar-refractivity contribution in [2.45, 2.75) is 6.92 Å². The fourth-order valence-corrected chi connectivity index (χ4v) is 0.799. The molecule has 0 aromatic carbocycles. The van der Waals surface area contributed by atoms with E-state index >= 15 is 0 Å². The lowest BCUT2D eigenvalue weighted by molar-refractivity contribution is 0.503. The Bertz CT molecular complexity index is 206. The van der Waals surface area contributed by atoms with Gasteiger partial charge in [-0.2, -0.15) is 0 Å². The molecule has 0 amide bonds. The highest BCUT2D eigenvalue weighted by Gasteiger charge is 2.08. The third-order valence-corrected chi connectivity index (χ3v) is 1.20. The first-order chi connectivity index (χ1) is 5.02. The topological polar surface area (TPSA) is 76.7 Å². The van der Waals surface area contributed by atoms with E-state index in [0.29, 0.717) is 0 Å². The Balaban J connectivity index is 3.81. The summed E-state index contributed by atoms with van der Waals surface area (Å²) < 4.78 is 15.1. The van der Waals surface area contributed by atoms with E-state index in [1.54, 1.807) is 6.92 Å². The van der Waals surface area contributed by atoms with Crippen LogP contribution in [0.5, 0.6) is 0 Å². The highest BCUT2D eigenvalue weighted by atomic mass is 32.1. The van der Waals surface area contributed by atoms with Gasteiger partial charge in [-0.25, -0.2) is 4.52 Å². The van der Waals surface area contributed by atoms with E-state index in [9.17, 15) is 4.57 Å². The summed E-state index contributed by atoms with van der Waals surface area (Å²) in [6.07, 6.45) is 0. The smallest absolute Gasteiger partial charge is 0.375 e. The van der Waals surface area contributed by atoms with Gasteiger partial charge in [0.2, 0.25) is 0 Å². The summed E-state index contributed by atoms with van der Waals surface area (Å²) in [5, 5.41) is 3.60. The molecule has 0 bridgehead atoms. The summed E-state index contributed by atoms with van der Waals surface area (Å²) >= 11 is 4.46. The average Bonchev–Trinajstić information content (AvgIpc) is 1.82. The molecule has 5 nitrogen and oxygen atoms in total. The van der Waals surface area contributed by atoms with Gasteiger partial charge in [-0.15, -0.1) is 5.10 Å². The highest BCUT2D eigenvalue weighted by Crippen LogP contribution is 2.14. The number of nitrogens with one attached hydrogen (secondary N) is 1. The average molecular weight is 194 g/mol. The molecule has 7 heteroatoms. The van der Waals surface area contributed by atoms with Gasteiger partial charge in [0.05, 0.1) is 0 Å². The lowest BCUT2D eigenvalue weighted by Crippen LogP contribution is -2.25. The lowest BCUT2D eigenvalue weighted by atomic mass is 10.8. The molecule has 0 radical (unpaired) electrons. The minimum absolute atomic E-state index is 0.0410. The van der Waals surface area contributed by atoms with Crippen LogP contribution in [0.1, 0.15) is 6.92 Å². The Morgan fingerprint density at radius 2 is 2.36 bits per heavy atom. The Morgan fingerprint density at radius 1 is 1.82 bits per heavy atom. The fraction of sp³-hybridized carbons (Fsp3) is 0.500. The molecule has 62 valence electrons. The monoisotopic (exact) mass is 194 g/mol. The van der Waals surface area contributed by atoms with Crippen LogP contribution >= 0.6 is 20.2 Å². The van der Waals surface area contributed by atoms with E-state index in [0.717, 1.165) is 0 Å². The third-order valence-electron chi connectivity index (χ3n) is 0.584. The van der Waals surface area contributed by atoms with Gasteiger partial charge in [-0.1, -0.05) is 0 Å². The summed E-state index contributed by atoms with van der Waals surface area (Å²) in [5.41, 5.74) is 7.35. The van der Waals surface area contributed by atoms with E-state index in [2.05, 4.69) is 27.3 Å². The van der Waals surface area contributed by atoms with Crippen LogP contribution in [0.15, 0.2) is 5.10 Å². The standard InChI is InChI=1S/C4H8N3O2PS/c1-3(9-10(2)8)6-7-4(5)11/h1-2H3,(H2-,5,7,11)/p+1. The van der Waals surface area contributed by atoms with Crippen LogP contribution in [0.4, 0.5) is 0 Å². The third kappa shape index (κ3) is 7.15. The van der Waals surface area contributed by atoms with Crippen molar-refractivity contribution in [3.05, 3.63) is 0 Å². The van der Waals surface area contributed by atoms with E-state index in [4.69, 9.17) is 5.73 Å². The van der Waals surface area contributed by atoms with E-state index in [-0.39, 0.29) is 11.0 Å². The van der Waals surface area contributed by atoms with Crippen molar-refractivity contribution in [3.63, 3.8) is 0 Å². The molecule has 0 saturated heterocycles. The zero-order valence-corrected chi connectivity index (χ0v) is 7.91. The van der Waals surface area contributed by atoms with Crippen LogP contribution in [-0.4, -0.2) is 17.7 Å². The zero-order valence-electron chi connectivity index (χ0n) is 6.20. The maximum Gasteiger partial charge on any atom is 0.554 e. The van der Waals surface area contributed by atoms with Crippen LogP contribution in [0.3, 0.4) is 0 Å². The highest BCUT2D eigenvalue weighted by molar-refractivity contribution is 7.80. The van der Waals surface area contributed by atoms with Crippen molar-refractivity contribution in [1.82, 2.24) is 5.43 Å². The fourth-order valence-electron chi connectivity index (χ4n) is 0.340. The second kappa shape index (κ2) is 4.98. The van der Waals surface area contributed by atoms with Crippen molar-refractivity contribution < 1.29 is 9.09 Å². The van der Waals surface area contributed by atoms with Gasteiger partial charge in [-0.3, -0.25) is 5.43 Å². The predicted octanol–water partition coefficient (Wildman–Crippen LogP) is 0.542. The summed E-state index contributed by atoms with van der Waals surface area (Å²) in [4.78, 5) is 0. The maximum absolute atomic E-state index is 10.5. The number of thiocarbonyl (C=S) groups is 1. The molecule has 0 aromatic rings. The molecule has 0 aliphatic rings. The first-order valence-electron chi connectivity index (χ1n) is 2.71. The number of nitrogens with zero attached hydrogens (tertiary/aromatic N) is 1. The second-order valence-electron chi connectivity index (χ2n) is 1.64. The second-order valence-corrected chi connectivity index (χ2v) is 3.14. The van der Waals surface area contributed by atoms with Gasteiger partial charge in [0.1, 0.15) is 0 Å². The minimum atomic E-state index is -1.68. The van der Waals surface area contributed by atoms with Crippen LogP contribution in [0, 0.1) is 0 Å². The number of rotatable bonds is 2. The van der Waals surface area contributed by atoms with Crippen LogP contribution in [0.25, 0.3) is 0 Å². The Morgan fingerprint density at radius 3 is 2.73 bits per heavy atom. The van der Waals surface area contributed by atoms with Crippen LogP contribution in [0.2, 0.25) is 0 Å². The van der Waals surface area contributed by atoms with Crippen LogP contribution < -0.4 is 11.2 Å². The minimum Gasteiger partial charge on any atom is -0.375 e. The lowest BCUT2D eigenvalue weighted by Gasteiger charge is -1.93. The normalized spacial score (nSPS) is 12.2. The van der Waals surface area contributed by atoms with Gasteiger partial charge in [0.15, 0.2) is 11.8 Å². The maximum atomic E-state index is 10.5. The molecule has 0 spiro atoms. The molecule has 0 rings (SSSR count). The molecular formula is C4H9N3O2PS+. The van der Waals surface area contributed by atoms with Gasteiger partial charge < -0.3 is 5.73 Å². The number of hydrogen-bond acceptors (Lipinski definition) is 4. The molecule has 0 aliphatic carbocycles. The van der Waals surface area contributed by atoms with E-state index < -0.39 is 8.03 Å². The number of nitrogens with two attached hydrogens (primary N) is 1. The summed E-state index contributed by atoms with van der Waals surface area (Å²) in [5.74, 6) is 0.237. The zero-order chi connectivity index (χ0) is 8.85. The summed E-state index contributed by atoms with van der Waals surface area (Å²) in [6.45, 7) is 2.97. The van der Waals surface area contributed by atoms with Gasteiger partial charge >= 0.3 is 8.03 Å². The molecule has 1 unspecified atom stereocenters. The Hall–Kier alpha value is -0.740. The van der Waals surface area contributed by atoms with Gasteiger partial charge in [0.25, 0.3) is 5.90 Å². The van der Waals surface area contributed by atoms with Crippen LogP contribution in [-0.2, 0) is 9.09 Å². The molecule has 1 atom stereocenters.